The standard InChI is InChI=1S/C32H31BrN2O6/c1-18-13-14-25(33)27-19(16-35(28(18)27)31(39)41-32(2,3)4)15-26(29(36)37)34-30(38)40-17-24-22-11-7-5-9-20(22)21-10-6-8-12-23(21)24/h5-14,16,24,26H,15,17H2,1-4H3,(H,34,38)(H,36,37)/t26-/m1/s1. The summed E-state index contributed by atoms with van der Waals surface area (Å²) < 4.78 is 13.3. The number of nitrogens with zero attached hydrogens (tertiary/aromatic N) is 1. The molecule has 0 saturated heterocycles. The molecule has 8 nitrogen and oxygen atoms in total. The molecule has 5 rings (SSSR count). The molecule has 0 aliphatic heterocycles. The van der Waals surface area contributed by atoms with Crippen LogP contribution in [0.3, 0.4) is 0 Å². The molecule has 1 aromatic heterocycles. The number of amides is 1. The van der Waals surface area contributed by atoms with Crippen molar-refractivity contribution >= 4 is 45.0 Å². The van der Waals surface area contributed by atoms with Crippen LogP contribution in [-0.2, 0) is 20.7 Å². The van der Waals surface area contributed by atoms with Crippen molar-refractivity contribution in [3.63, 3.8) is 0 Å². The summed E-state index contributed by atoms with van der Waals surface area (Å²) in [5.74, 6) is -1.37. The highest BCUT2D eigenvalue weighted by molar-refractivity contribution is 9.10. The van der Waals surface area contributed by atoms with Crippen LogP contribution in [0.4, 0.5) is 9.59 Å². The van der Waals surface area contributed by atoms with E-state index in [1.807, 2.05) is 67.6 Å². The van der Waals surface area contributed by atoms with Crippen molar-refractivity contribution in [3.8, 4) is 11.1 Å². The average molecular weight is 620 g/mol. The Morgan fingerprint density at radius 1 is 1.00 bits per heavy atom. The van der Waals surface area contributed by atoms with Crippen LogP contribution in [0.15, 0.2) is 71.3 Å². The fraction of sp³-hybridized carbons (Fsp3) is 0.281. The van der Waals surface area contributed by atoms with Crippen molar-refractivity contribution in [2.75, 3.05) is 6.61 Å². The van der Waals surface area contributed by atoms with E-state index in [9.17, 15) is 19.5 Å². The average Bonchev–Trinajstić information content (AvgIpc) is 3.45. The highest BCUT2D eigenvalue weighted by Gasteiger charge is 2.31. The van der Waals surface area contributed by atoms with Gasteiger partial charge in [-0.25, -0.2) is 14.4 Å². The molecule has 41 heavy (non-hydrogen) atoms. The van der Waals surface area contributed by atoms with Gasteiger partial charge >= 0.3 is 18.2 Å². The van der Waals surface area contributed by atoms with Crippen molar-refractivity contribution in [2.45, 2.75) is 51.7 Å². The second-order valence-electron chi connectivity index (χ2n) is 11.2. The first-order chi connectivity index (χ1) is 19.4. The van der Waals surface area contributed by atoms with Crippen molar-refractivity contribution in [1.82, 2.24) is 9.88 Å². The highest BCUT2D eigenvalue weighted by atomic mass is 79.9. The fourth-order valence-corrected chi connectivity index (χ4v) is 5.96. The lowest BCUT2D eigenvalue weighted by atomic mass is 9.98. The minimum Gasteiger partial charge on any atom is -0.480 e. The number of carbonyl (C=O) groups is 3. The van der Waals surface area contributed by atoms with E-state index in [1.165, 1.54) is 4.57 Å². The third-order valence-corrected chi connectivity index (χ3v) is 7.78. The van der Waals surface area contributed by atoms with Crippen LogP contribution in [0.5, 0.6) is 0 Å². The first kappa shape index (κ1) is 28.4. The van der Waals surface area contributed by atoms with E-state index < -0.39 is 29.8 Å². The van der Waals surface area contributed by atoms with Crippen LogP contribution in [0.2, 0.25) is 0 Å². The number of rotatable bonds is 6. The number of ether oxygens (including phenoxy) is 2. The number of halogens is 1. The van der Waals surface area contributed by atoms with E-state index >= 15 is 0 Å². The molecule has 3 aromatic carbocycles. The Balaban J connectivity index is 1.36. The maximum Gasteiger partial charge on any atom is 0.419 e. The van der Waals surface area contributed by atoms with E-state index in [4.69, 9.17) is 9.47 Å². The summed E-state index contributed by atoms with van der Waals surface area (Å²) in [7, 11) is 0. The molecule has 1 aliphatic carbocycles. The van der Waals surface area contributed by atoms with E-state index in [2.05, 4.69) is 21.2 Å². The summed E-state index contributed by atoms with van der Waals surface area (Å²) in [4.78, 5) is 38.2. The van der Waals surface area contributed by atoms with Crippen molar-refractivity contribution in [3.05, 3.63) is 93.6 Å². The largest absolute Gasteiger partial charge is 0.480 e. The van der Waals surface area contributed by atoms with Gasteiger partial charge in [0.15, 0.2) is 0 Å². The van der Waals surface area contributed by atoms with E-state index in [0.717, 1.165) is 27.8 Å². The summed E-state index contributed by atoms with van der Waals surface area (Å²) in [6, 6.07) is 18.4. The number of hydrogen-bond acceptors (Lipinski definition) is 5. The molecule has 1 aliphatic rings. The van der Waals surface area contributed by atoms with Crippen LogP contribution in [-0.4, -0.2) is 46.1 Å². The maximum absolute atomic E-state index is 13.1. The first-order valence-electron chi connectivity index (χ1n) is 13.3. The number of carboxylic acids is 1. The lowest BCUT2D eigenvalue weighted by molar-refractivity contribution is -0.139. The van der Waals surface area contributed by atoms with Crippen molar-refractivity contribution in [2.24, 2.45) is 0 Å². The fourth-order valence-electron chi connectivity index (χ4n) is 5.38. The number of alkyl carbamates (subject to hydrolysis) is 1. The van der Waals surface area contributed by atoms with Gasteiger partial charge in [-0.3, -0.25) is 4.57 Å². The van der Waals surface area contributed by atoms with Gasteiger partial charge in [-0.15, -0.1) is 0 Å². The van der Waals surface area contributed by atoms with Gasteiger partial charge in [0.1, 0.15) is 18.2 Å². The van der Waals surface area contributed by atoms with Crippen LogP contribution in [0.1, 0.15) is 48.9 Å². The van der Waals surface area contributed by atoms with Gasteiger partial charge in [0.25, 0.3) is 0 Å². The molecule has 0 spiro atoms. The second-order valence-corrected chi connectivity index (χ2v) is 12.0. The number of carbonyl (C=O) groups excluding carboxylic acids is 2. The van der Waals surface area contributed by atoms with Crippen LogP contribution in [0.25, 0.3) is 22.0 Å². The predicted octanol–water partition coefficient (Wildman–Crippen LogP) is 7.03. The number of fused-ring (bicyclic) bond motifs is 4. The predicted molar refractivity (Wildman–Crippen MR) is 159 cm³/mol. The summed E-state index contributed by atoms with van der Waals surface area (Å²) in [6.07, 6.45) is 0.0939. The Morgan fingerprint density at radius 3 is 2.20 bits per heavy atom. The van der Waals surface area contributed by atoms with Gasteiger partial charge in [-0.1, -0.05) is 70.5 Å². The third kappa shape index (κ3) is 5.72. The molecule has 212 valence electrons. The van der Waals surface area contributed by atoms with Crippen LogP contribution < -0.4 is 5.32 Å². The monoisotopic (exact) mass is 618 g/mol. The maximum atomic E-state index is 13.1. The molecule has 0 unspecified atom stereocenters. The molecule has 0 saturated carbocycles. The zero-order valence-corrected chi connectivity index (χ0v) is 24.8. The molecule has 1 heterocycles. The number of aliphatic carboxylic acids is 1. The van der Waals surface area contributed by atoms with Crippen LogP contribution in [0, 0.1) is 6.92 Å². The van der Waals surface area contributed by atoms with E-state index in [0.29, 0.717) is 20.9 Å². The smallest absolute Gasteiger partial charge is 0.419 e. The van der Waals surface area contributed by atoms with Gasteiger partial charge in [-0.2, -0.15) is 0 Å². The van der Waals surface area contributed by atoms with Crippen LogP contribution >= 0.6 is 15.9 Å². The summed E-state index contributed by atoms with van der Waals surface area (Å²) in [6.45, 7) is 7.26. The number of aromatic nitrogens is 1. The molecule has 9 heteroatoms. The second kappa shape index (κ2) is 11.0. The summed E-state index contributed by atoms with van der Waals surface area (Å²) >= 11 is 3.55. The SMILES string of the molecule is Cc1ccc(Br)c2c(C[C@@H](NC(=O)OCC3c4ccccc4-c4ccccc43)C(=O)O)cn(C(=O)OC(C)(C)C)c12. The zero-order chi connectivity index (χ0) is 29.5. The number of aryl methyl sites for hydroxylation is 1. The lowest BCUT2D eigenvalue weighted by Gasteiger charge is -2.20. The number of nitrogens with one attached hydrogen (secondary N) is 1. The van der Waals surface area contributed by atoms with Crippen molar-refractivity contribution in [1.29, 1.82) is 0 Å². The molecule has 0 fully saturated rings. The number of benzene rings is 3. The minimum absolute atomic E-state index is 0.0644. The Bertz CT molecular complexity index is 1620. The van der Waals surface area contributed by atoms with E-state index in [-0.39, 0.29) is 18.9 Å². The van der Waals surface area contributed by atoms with Gasteiger partial charge in [0, 0.05) is 28.4 Å². The molecular weight excluding hydrogens is 588 g/mol. The number of carboxylic acid groups (broad SMARTS) is 1. The first-order valence-corrected chi connectivity index (χ1v) is 14.1. The molecule has 1 atom stereocenters. The zero-order valence-electron chi connectivity index (χ0n) is 23.2. The molecule has 2 N–H and O–H groups in total. The molecular formula is C32H31BrN2O6. The Labute approximate surface area is 246 Å². The lowest BCUT2D eigenvalue weighted by Crippen LogP contribution is -2.42. The topological polar surface area (TPSA) is 107 Å². The quantitative estimate of drug-likeness (QED) is 0.240. The highest BCUT2D eigenvalue weighted by Crippen LogP contribution is 2.44. The van der Waals surface area contributed by atoms with Gasteiger partial charge < -0.3 is 19.9 Å². The number of hydrogen-bond donors (Lipinski definition) is 2. The minimum atomic E-state index is -1.30. The Kier molecular flexibility index (Phi) is 7.66. The molecule has 1 amide bonds. The summed E-state index contributed by atoms with van der Waals surface area (Å²) in [5, 5.41) is 13.2. The van der Waals surface area contributed by atoms with Gasteiger partial charge in [0.05, 0.1) is 5.52 Å². The van der Waals surface area contributed by atoms with Crippen molar-refractivity contribution < 1.29 is 29.0 Å². The third-order valence-electron chi connectivity index (χ3n) is 7.12. The van der Waals surface area contributed by atoms with E-state index in [1.54, 1.807) is 27.0 Å². The Hall–Kier alpha value is -4.11. The molecule has 0 bridgehead atoms. The Morgan fingerprint density at radius 2 is 1.61 bits per heavy atom. The normalized spacial score (nSPS) is 13.4. The molecule has 0 radical (unpaired) electrons. The van der Waals surface area contributed by atoms with Gasteiger partial charge in [0.2, 0.25) is 0 Å². The molecule has 4 aromatic rings. The van der Waals surface area contributed by atoms with Gasteiger partial charge in [-0.05, 0) is 67.1 Å². The summed E-state index contributed by atoms with van der Waals surface area (Å²) in [5.41, 5.74) is 5.59.